The Balaban J connectivity index is 2.32. The number of hydrogen-bond donors (Lipinski definition) is 4. The van der Waals surface area contributed by atoms with Gasteiger partial charge in [0.2, 0.25) is 0 Å². The maximum atomic E-state index is 13.1. The van der Waals surface area contributed by atoms with Gasteiger partial charge in [-0.05, 0) is 86.5 Å². The molecule has 0 spiro atoms. The molecular weight excluding hydrogens is 585 g/mol. The fourth-order valence-electron chi connectivity index (χ4n) is 4.61. The van der Waals surface area contributed by atoms with Gasteiger partial charge >= 0.3 is 11.9 Å². The molecule has 0 aliphatic rings. The van der Waals surface area contributed by atoms with Crippen molar-refractivity contribution < 1.29 is 38.2 Å². The summed E-state index contributed by atoms with van der Waals surface area (Å²) in [5.41, 5.74) is 0.197. The minimum Gasteiger partial charge on any atom is -0.478 e. The van der Waals surface area contributed by atoms with Crippen LogP contribution in [0.25, 0.3) is 0 Å². The largest absolute Gasteiger partial charge is 0.478 e. The first-order valence-electron chi connectivity index (χ1n) is 14.4. The third kappa shape index (κ3) is 9.85. The second kappa shape index (κ2) is 14.9. The van der Waals surface area contributed by atoms with Gasteiger partial charge in [0.15, 0.2) is 16.6 Å². The molecule has 0 saturated heterocycles. The zero-order valence-corrected chi connectivity index (χ0v) is 28.6. The summed E-state index contributed by atoms with van der Waals surface area (Å²) in [6, 6.07) is 10.9. The molecule has 0 aromatic heterocycles. The van der Waals surface area contributed by atoms with E-state index in [-0.39, 0.29) is 22.3 Å². The topological polar surface area (TPSA) is 151 Å². The second-order valence-corrected chi connectivity index (χ2v) is 21.3. The molecule has 0 atom stereocenters. The van der Waals surface area contributed by atoms with Crippen molar-refractivity contribution in [3.8, 4) is 0 Å². The van der Waals surface area contributed by atoms with Crippen molar-refractivity contribution in [1.29, 1.82) is 0 Å². The van der Waals surface area contributed by atoms with E-state index >= 15 is 0 Å². The lowest BCUT2D eigenvalue weighted by Gasteiger charge is -2.28. The molecule has 236 valence electrons. The van der Waals surface area contributed by atoms with Crippen LogP contribution >= 0.6 is 0 Å². The highest BCUT2D eigenvalue weighted by Crippen LogP contribution is 2.34. The van der Waals surface area contributed by atoms with E-state index in [4.69, 9.17) is 8.85 Å². The fraction of sp³-hybridized carbons (Fsp3) is 0.484. The van der Waals surface area contributed by atoms with Gasteiger partial charge in [-0.3, -0.25) is 9.59 Å². The Bertz CT molecular complexity index is 1340. The standard InChI is InChI=1S/C31H46N2O8Si2/c1-31(2,21-12-14-24(29(36)37)25(19-21)28(35)33-16-10-18-43(7,8)41-4)22-11-13-23(26(20-22)30(38)39)27(34)32-15-9-17-42(5,6)40-3/h11-14,19-20H,9-10,15-18H2,1-8H3,(H,32,34)(H,33,35)(H,36,37)(H,38,39). The summed E-state index contributed by atoms with van der Waals surface area (Å²) in [5, 5.41) is 25.3. The molecule has 10 nitrogen and oxygen atoms in total. The van der Waals surface area contributed by atoms with Crippen LogP contribution < -0.4 is 10.6 Å². The predicted molar refractivity (Wildman–Crippen MR) is 171 cm³/mol. The summed E-state index contributed by atoms with van der Waals surface area (Å²) >= 11 is 0. The zero-order chi connectivity index (χ0) is 32.6. The summed E-state index contributed by atoms with van der Waals surface area (Å²) in [6.07, 6.45) is 1.43. The molecule has 2 aromatic rings. The quantitative estimate of drug-likeness (QED) is 0.143. The first-order chi connectivity index (χ1) is 20.0. The normalized spacial score (nSPS) is 12.1. The number of aromatic carboxylic acids is 2. The Labute approximate surface area is 256 Å². The van der Waals surface area contributed by atoms with E-state index < -0.39 is 45.8 Å². The molecule has 0 aliphatic carbocycles. The van der Waals surface area contributed by atoms with Gasteiger partial charge in [-0.2, -0.15) is 0 Å². The van der Waals surface area contributed by atoms with Gasteiger partial charge in [0, 0.05) is 32.7 Å². The average Bonchev–Trinajstić information content (AvgIpc) is 2.96. The summed E-state index contributed by atoms with van der Waals surface area (Å²) in [4.78, 5) is 50.1. The molecule has 2 amide bonds. The van der Waals surface area contributed by atoms with Crippen LogP contribution in [0.3, 0.4) is 0 Å². The van der Waals surface area contributed by atoms with Crippen molar-refractivity contribution in [2.45, 2.75) is 70.4 Å². The Morgan fingerprint density at radius 1 is 0.674 bits per heavy atom. The molecule has 0 aliphatic heterocycles. The number of hydrogen-bond acceptors (Lipinski definition) is 6. The van der Waals surface area contributed by atoms with Gasteiger partial charge in [0.25, 0.3) is 11.8 Å². The van der Waals surface area contributed by atoms with Crippen LogP contribution in [0, 0.1) is 0 Å². The Morgan fingerprint density at radius 2 is 1.07 bits per heavy atom. The Hall–Kier alpha value is -3.33. The van der Waals surface area contributed by atoms with Gasteiger partial charge in [-0.25, -0.2) is 9.59 Å². The maximum absolute atomic E-state index is 13.1. The van der Waals surface area contributed by atoms with Gasteiger partial charge in [0.1, 0.15) is 0 Å². The van der Waals surface area contributed by atoms with Crippen LogP contribution in [-0.2, 0) is 14.3 Å². The maximum Gasteiger partial charge on any atom is 0.336 e. The first kappa shape index (κ1) is 35.9. The van der Waals surface area contributed by atoms with Crippen LogP contribution in [0.15, 0.2) is 36.4 Å². The van der Waals surface area contributed by atoms with E-state index in [0.717, 1.165) is 18.5 Å². The molecule has 4 N–H and O–H groups in total. The number of carbonyl (C=O) groups is 4. The highest BCUT2D eigenvalue weighted by molar-refractivity contribution is 6.71. The van der Waals surface area contributed by atoms with Crippen molar-refractivity contribution in [3.63, 3.8) is 0 Å². The van der Waals surface area contributed by atoms with Gasteiger partial charge in [-0.15, -0.1) is 0 Å². The lowest BCUT2D eigenvalue weighted by molar-refractivity contribution is 0.0682. The highest BCUT2D eigenvalue weighted by Gasteiger charge is 2.29. The Kier molecular flexibility index (Phi) is 12.4. The summed E-state index contributed by atoms with van der Waals surface area (Å²) in [6.45, 7) is 12.8. The average molecular weight is 631 g/mol. The third-order valence-electron chi connectivity index (χ3n) is 8.02. The molecule has 12 heteroatoms. The molecule has 2 rings (SSSR count). The van der Waals surface area contributed by atoms with Crippen molar-refractivity contribution in [1.82, 2.24) is 10.6 Å². The van der Waals surface area contributed by atoms with Crippen LogP contribution in [0.1, 0.15) is 79.2 Å². The second-order valence-electron chi connectivity index (χ2n) is 12.4. The van der Waals surface area contributed by atoms with Crippen LogP contribution in [0.4, 0.5) is 0 Å². The van der Waals surface area contributed by atoms with Crippen LogP contribution in [0.5, 0.6) is 0 Å². The van der Waals surface area contributed by atoms with E-state index in [1.165, 1.54) is 18.2 Å². The summed E-state index contributed by atoms with van der Waals surface area (Å²) in [5.74, 6) is -3.43. The van der Waals surface area contributed by atoms with Crippen molar-refractivity contribution in [3.05, 3.63) is 69.8 Å². The fourth-order valence-corrected chi connectivity index (χ4v) is 7.07. The van der Waals surface area contributed by atoms with Crippen molar-refractivity contribution >= 4 is 40.4 Å². The third-order valence-corrected chi connectivity index (χ3v) is 13.3. The van der Waals surface area contributed by atoms with E-state index in [9.17, 15) is 29.4 Å². The van der Waals surface area contributed by atoms with E-state index in [0.29, 0.717) is 30.6 Å². The van der Waals surface area contributed by atoms with Gasteiger partial charge in [-0.1, -0.05) is 26.0 Å². The molecular formula is C31H46N2O8Si2. The SMILES string of the molecule is CO[Si](C)(C)CCCNC(=O)c1ccc(C(C)(C)c2ccc(C(=O)O)c(C(=O)NCCC[Si](C)(C)OC)c2)cc1C(=O)O. The highest BCUT2D eigenvalue weighted by atomic mass is 28.4. The van der Waals surface area contributed by atoms with Gasteiger partial charge < -0.3 is 29.7 Å². The molecule has 0 fully saturated rings. The number of carboxylic acids is 2. The smallest absolute Gasteiger partial charge is 0.336 e. The van der Waals surface area contributed by atoms with E-state index in [2.05, 4.69) is 36.8 Å². The number of amides is 2. The van der Waals surface area contributed by atoms with Crippen molar-refractivity contribution in [2.24, 2.45) is 0 Å². The first-order valence-corrected chi connectivity index (χ1v) is 20.6. The number of benzene rings is 2. The molecule has 0 saturated carbocycles. The molecule has 0 radical (unpaired) electrons. The lowest BCUT2D eigenvalue weighted by atomic mass is 9.76. The monoisotopic (exact) mass is 630 g/mol. The number of carbonyl (C=O) groups excluding carboxylic acids is 2. The molecule has 0 bridgehead atoms. The Morgan fingerprint density at radius 3 is 1.49 bits per heavy atom. The van der Waals surface area contributed by atoms with Crippen molar-refractivity contribution in [2.75, 3.05) is 27.3 Å². The van der Waals surface area contributed by atoms with E-state index in [1.807, 2.05) is 13.8 Å². The molecule has 0 unspecified atom stereocenters. The molecule has 0 heterocycles. The van der Waals surface area contributed by atoms with Crippen LogP contribution in [-0.4, -0.2) is 77.9 Å². The minimum atomic E-state index is -1.79. The summed E-state index contributed by atoms with van der Waals surface area (Å²) < 4.78 is 11.1. The molecule has 2 aromatic carbocycles. The number of rotatable bonds is 16. The van der Waals surface area contributed by atoms with Crippen LogP contribution in [0.2, 0.25) is 38.3 Å². The number of carboxylic acid groups (broad SMARTS) is 2. The van der Waals surface area contributed by atoms with Gasteiger partial charge in [0.05, 0.1) is 22.3 Å². The molecule has 43 heavy (non-hydrogen) atoms. The lowest BCUT2D eigenvalue weighted by Crippen LogP contribution is -2.32. The zero-order valence-electron chi connectivity index (χ0n) is 26.6. The minimum absolute atomic E-state index is 0.0236. The predicted octanol–water partition coefficient (Wildman–Crippen LogP) is 5.35. The number of nitrogens with one attached hydrogen (secondary N) is 2. The van der Waals surface area contributed by atoms with E-state index in [1.54, 1.807) is 32.4 Å². The summed E-state index contributed by atoms with van der Waals surface area (Å²) in [7, 11) is -0.170.